The van der Waals surface area contributed by atoms with Crippen LogP contribution in [0.15, 0.2) is 53.6 Å². The maximum Gasteiger partial charge on any atom is 0.0980 e. The Morgan fingerprint density at radius 3 is 2.73 bits per heavy atom. The lowest BCUT2D eigenvalue weighted by molar-refractivity contribution is 0.358. The van der Waals surface area contributed by atoms with Crippen molar-refractivity contribution in [2.75, 3.05) is 18.4 Å². The highest BCUT2D eigenvalue weighted by atomic mass is 32.2. The summed E-state index contributed by atoms with van der Waals surface area (Å²) in [4.78, 5) is 4.34. The number of nitrogens with one attached hydrogen (secondary N) is 1. The second kappa shape index (κ2) is 6.97. The topological polar surface area (TPSA) is 41.3 Å². The normalized spacial score (nSPS) is 19.1. The van der Waals surface area contributed by atoms with Gasteiger partial charge in [0.25, 0.3) is 0 Å². The Morgan fingerprint density at radius 2 is 1.96 bits per heavy atom. The van der Waals surface area contributed by atoms with Crippen molar-refractivity contribution in [3.63, 3.8) is 0 Å². The lowest BCUT2D eigenvalue weighted by Crippen LogP contribution is -2.35. The number of furan rings is 1. The van der Waals surface area contributed by atoms with Crippen LogP contribution in [0.25, 0.3) is 21.9 Å². The van der Waals surface area contributed by atoms with Crippen LogP contribution in [0.5, 0.6) is 0 Å². The minimum absolute atomic E-state index is 0.522. The Kier molecular flexibility index (Phi) is 4.35. The summed E-state index contributed by atoms with van der Waals surface area (Å²) in [6, 6.07) is 9.06. The van der Waals surface area contributed by atoms with E-state index in [2.05, 4.69) is 44.8 Å². The first kappa shape index (κ1) is 16.2. The molecule has 1 saturated heterocycles. The third kappa shape index (κ3) is 3.46. The molecule has 0 radical (unpaired) electrons. The molecule has 1 aliphatic heterocycles. The minimum atomic E-state index is 0.522. The molecule has 1 saturated carbocycles. The average Bonchev–Trinajstić information content (AvgIpc) is 3.31. The van der Waals surface area contributed by atoms with Gasteiger partial charge >= 0.3 is 0 Å². The van der Waals surface area contributed by atoms with E-state index in [-0.39, 0.29) is 0 Å². The molecule has 2 fully saturated rings. The lowest BCUT2D eigenvalue weighted by atomic mass is 10.0. The Labute approximate surface area is 158 Å². The maximum atomic E-state index is 5.28. The second-order valence-electron chi connectivity index (χ2n) is 7.29. The van der Waals surface area contributed by atoms with Crippen molar-refractivity contribution in [3.05, 3.63) is 49.2 Å². The Balaban J connectivity index is 1.37. The molecule has 2 aromatic heterocycles. The van der Waals surface area contributed by atoms with Gasteiger partial charge in [-0.2, -0.15) is 0 Å². The van der Waals surface area contributed by atoms with Crippen LogP contribution in [-0.2, 0) is 0 Å². The third-order valence-electron chi connectivity index (χ3n) is 5.25. The highest BCUT2D eigenvalue weighted by Crippen LogP contribution is 2.38. The summed E-state index contributed by atoms with van der Waals surface area (Å²) in [5.41, 5.74) is 3.48. The van der Waals surface area contributed by atoms with Crippen molar-refractivity contribution >= 4 is 28.4 Å². The number of anilines is 1. The molecule has 1 aliphatic carbocycles. The molecule has 0 atom stereocenters. The summed E-state index contributed by atoms with van der Waals surface area (Å²) in [6.07, 6.45) is 12.6. The van der Waals surface area contributed by atoms with E-state index < -0.39 is 0 Å². The first-order chi connectivity index (χ1) is 12.8. The van der Waals surface area contributed by atoms with Gasteiger partial charge in [0, 0.05) is 53.4 Å². The first-order valence-electron chi connectivity index (χ1n) is 9.44. The Morgan fingerprint density at radius 1 is 1.08 bits per heavy atom. The number of piperidine rings is 1. The molecule has 5 rings (SSSR count). The lowest BCUT2D eigenvalue weighted by Gasteiger charge is -2.32. The molecule has 5 heteroatoms. The fourth-order valence-corrected chi connectivity index (χ4v) is 4.81. The number of fused-ring (bicyclic) bond motifs is 1. The van der Waals surface area contributed by atoms with E-state index in [0.29, 0.717) is 6.04 Å². The number of rotatable bonds is 5. The van der Waals surface area contributed by atoms with Crippen molar-refractivity contribution < 1.29 is 4.42 Å². The smallest absolute Gasteiger partial charge is 0.0980 e. The summed E-state index contributed by atoms with van der Waals surface area (Å²) in [6.45, 7) is 2.35. The van der Waals surface area contributed by atoms with Gasteiger partial charge in [-0.25, -0.2) is 0 Å². The van der Waals surface area contributed by atoms with E-state index >= 15 is 0 Å². The quantitative estimate of drug-likeness (QED) is 0.631. The molecule has 0 amide bonds. The van der Waals surface area contributed by atoms with Crippen LogP contribution in [0.2, 0.25) is 0 Å². The molecule has 1 aromatic carbocycles. The van der Waals surface area contributed by atoms with Gasteiger partial charge < -0.3 is 9.73 Å². The van der Waals surface area contributed by atoms with Crippen LogP contribution in [0.3, 0.4) is 0 Å². The number of pyridine rings is 1. The van der Waals surface area contributed by atoms with Crippen LogP contribution < -0.4 is 5.32 Å². The molecule has 1 N–H and O–H groups in total. The molecule has 26 heavy (non-hydrogen) atoms. The highest BCUT2D eigenvalue weighted by molar-refractivity contribution is 7.97. The van der Waals surface area contributed by atoms with Gasteiger partial charge in [0.05, 0.1) is 12.5 Å². The number of hydrogen-bond donors (Lipinski definition) is 1. The molecule has 2 aliphatic rings. The predicted octanol–water partition coefficient (Wildman–Crippen LogP) is 5.18. The molecular weight excluding hydrogens is 342 g/mol. The van der Waals surface area contributed by atoms with Gasteiger partial charge in [-0.3, -0.25) is 9.29 Å². The number of nitrogens with zero attached hydrogens (tertiary/aromatic N) is 2. The van der Waals surface area contributed by atoms with Crippen LogP contribution in [0, 0.1) is 0 Å². The highest BCUT2D eigenvalue weighted by Gasteiger charge is 2.28. The molecule has 3 aromatic rings. The number of aromatic nitrogens is 1. The average molecular weight is 366 g/mol. The van der Waals surface area contributed by atoms with Gasteiger partial charge in [0.2, 0.25) is 0 Å². The van der Waals surface area contributed by atoms with E-state index in [1.807, 2.05) is 18.5 Å². The number of hydrogen-bond acceptors (Lipinski definition) is 5. The van der Waals surface area contributed by atoms with E-state index in [1.165, 1.54) is 60.8 Å². The van der Waals surface area contributed by atoms with Crippen molar-refractivity contribution in [1.82, 2.24) is 9.29 Å². The van der Waals surface area contributed by atoms with Crippen molar-refractivity contribution in [2.45, 2.75) is 37.0 Å². The van der Waals surface area contributed by atoms with Crippen molar-refractivity contribution in [3.8, 4) is 11.1 Å². The fraction of sp³-hybridized carbons (Fsp3) is 0.381. The van der Waals surface area contributed by atoms with Crippen molar-refractivity contribution in [1.29, 1.82) is 0 Å². The van der Waals surface area contributed by atoms with E-state index in [1.54, 1.807) is 12.5 Å². The van der Waals surface area contributed by atoms with Crippen LogP contribution >= 0.6 is 11.9 Å². The molecule has 0 spiro atoms. The van der Waals surface area contributed by atoms with Crippen molar-refractivity contribution in [2.24, 2.45) is 0 Å². The molecule has 134 valence electrons. The third-order valence-corrected chi connectivity index (χ3v) is 6.68. The van der Waals surface area contributed by atoms with Gasteiger partial charge in [-0.05, 0) is 60.9 Å². The van der Waals surface area contributed by atoms with Gasteiger partial charge in [-0.1, -0.05) is 11.9 Å². The minimum Gasteiger partial charge on any atom is -0.472 e. The Bertz CT molecular complexity index is 883. The van der Waals surface area contributed by atoms with Gasteiger partial charge in [0.15, 0.2) is 0 Å². The van der Waals surface area contributed by atoms with E-state index in [4.69, 9.17) is 4.42 Å². The van der Waals surface area contributed by atoms with Crippen LogP contribution in [0.1, 0.15) is 25.7 Å². The Hall–Kier alpha value is -1.98. The summed E-state index contributed by atoms with van der Waals surface area (Å²) >= 11 is 2.08. The zero-order chi connectivity index (χ0) is 17.3. The molecule has 3 heterocycles. The molecule has 4 nitrogen and oxygen atoms in total. The van der Waals surface area contributed by atoms with Gasteiger partial charge in [-0.15, -0.1) is 0 Å². The summed E-state index contributed by atoms with van der Waals surface area (Å²) in [5, 5.41) is 7.11. The second-order valence-corrected chi connectivity index (χ2v) is 8.68. The first-order valence-corrected chi connectivity index (χ1v) is 10.3. The molecular formula is C21H23N3OS. The fourth-order valence-electron chi connectivity index (χ4n) is 3.62. The standard InChI is InChI=1S/C21H23N3OS/c1-2-19(1)26-24-8-4-18(5-9-24)23-21-12-17(16-6-10-25-14-16)11-15-3-7-22-13-20(15)21/h3,6-7,10-14,18-19,23H,1-2,4-5,8-9H2. The monoisotopic (exact) mass is 365 g/mol. The van der Waals surface area contributed by atoms with Crippen LogP contribution in [-0.4, -0.2) is 33.7 Å². The summed E-state index contributed by atoms with van der Waals surface area (Å²) < 4.78 is 7.85. The molecule has 0 unspecified atom stereocenters. The van der Waals surface area contributed by atoms with Gasteiger partial charge in [0.1, 0.15) is 0 Å². The van der Waals surface area contributed by atoms with Crippen LogP contribution in [0.4, 0.5) is 5.69 Å². The van der Waals surface area contributed by atoms with E-state index in [9.17, 15) is 0 Å². The maximum absolute atomic E-state index is 5.28. The number of benzene rings is 1. The summed E-state index contributed by atoms with van der Waals surface area (Å²) in [5.74, 6) is 0. The predicted molar refractivity (Wildman–Crippen MR) is 108 cm³/mol. The molecule has 0 bridgehead atoms. The largest absolute Gasteiger partial charge is 0.472 e. The SMILES string of the molecule is c1cc2cc(-c3ccoc3)cc(NC3CCN(SC4CC4)CC3)c2cn1. The zero-order valence-electron chi connectivity index (χ0n) is 14.7. The zero-order valence-corrected chi connectivity index (χ0v) is 15.5. The van der Waals surface area contributed by atoms with E-state index in [0.717, 1.165) is 10.8 Å². The summed E-state index contributed by atoms with van der Waals surface area (Å²) in [7, 11) is 0.